The SMILES string of the molecule is CC(CNC(=O)C1c2ccccc2Oc2ccccc21)CN1CCCC1=O. The van der Waals surface area contributed by atoms with E-state index in [9.17, 15) is 9.59 Å². The predicted molar refractivity (Wildman–Crippen MR) is 103 cm³/mol. The highest BCUT2D eigenvalue weighted by Crippen LogP contribution is 2.43. The molecular weight excluding hydrogens is 340 g/mol. The number of amides is 2. The molecule has 0 radical (unpaired) electrons. The third-order valence-corrected chi connectivity index (χ3v) is 5.27. The van der Waals surface area contributed by atoms with Crippen LogP contribution in [-0.4, -0.2) is 36.3 Å². The van der Waals surface area contributed by atoms with E-state index in [4.69, 9.17) is 4.74 Å². The first-order valence-corrected chi connectivity index (χ1v) is 9.54. The van der Waals surface area contributed by atoms with Crippen molar-refractivity contribution in [3.05, 3.63) is 59.7 Å². The minimum atomic E-state index is -0.383. The van der Waals surface area contributed by atoms with Crippen molar-refractivity contribution >= 4 is 11.8 Å². The van der Waals surface area contributed by atoms with Crippen LogP contribution in [0.5, 0.6) is 11.5 Å². The van der Waals surface area contributed by atoms with Crippen LogP contribution in [0.15, 0.2) is 48.5 Å². The summed E-state index contributed by atoms with van der Waals surface area (Å²) in [6.45, 7) is 4.14. The Morgan fingerprint density at radius 2 is 1.78 bits per heavy atom. The molecule has 1 N–H and O–H groups in total. The van der Waals surface area contributed by atoms with Gasteiger partial charge in [-0.05, 0) is 24.5 Å². The van der Waals surface area contributed by atoms with Crippen LogP contribution in [-0.2, 0) is 9.59 Å². The van der Waals surface area contributed by atoms with Crippen molar-refractivity contribution in [3.8, 4) is 11.5 Å². The first-order chi connectivity index (χ1) is 13.1. The number of ether oxygens (including phenoxy) is 1. The third-order valence-electron chi connectivity index (χ3n) is 5.27. The fourth-order valence-corrected chi connectivity index (χ4v) is 3.91. The fraction of sp³-hybridized carbons (Fsp3) is 0.364. The molecule has 0 aromatic heterocycles. The summed E-state index contributed by atoms with van der Waals surface area (Å²) >= 11 is 0. The maximum Gasteiger partial charge on any atom is 0.232 e. The van der Waals surface area contributed by atoms with Gasteiger partial charge in [-0.15, -0.1) is 0 Å². The second kappa shape index (κ2) is 7.43. The van der Waals surface area contributed by atoms with Crippen molar-refractivity contribution in [2.75, 3.05) is 19.6 Å². The molecule has 2 heterocycles. The Morgan fingerprint density at radius 3 is 2.37 bits per heavy atom. The zero-order chi connectivity index (χ0) is 18.8. The minimum Gasteiger partial charge on any atom is -0.457 e. The highest BCUT2D eigenvalue weighted by Gasteiger charge is 2.32. The molecule has 1 fully saturated rings. The van der Waals surface area contributed by atoms with Gasteiger partial charge in [-0.1, -0.05) is 43.3 Å². The average molecular weight is 364 g/mol. The Kier molecular flexibility index (Phi) is 4.84. The van der Waals surface area contributed by atoms with E-state index >= 15 is 0 Å². The van der Waals surface area contributed by atoms with Gasteiger partial charge < -0.3 is 15.0 Å². The minimum absolute atomic E-state index is 0.0298. The summed E-state index contributed by atoms with van der Waals surface area (Å²) < 4.78 is 5.96. The van der Waals surface area contributed by atoms with Crippen molar-refractivity contribution < 1.29 is 14.3 Å². The standard InChI is InChI=1S/C22H24N2O3/c1-15(14-24-12-6-11-20(24)25)13-23-22(26)21-16-7-2-4-9-18(16)27-19-10-5-3-8-17(19)21/h2-5,7-10,15,21H,6,11-14H2,1H3,(H,23,26). The zero-order valence-corrected chi connectivity index (χ0v) is 15.5. The van der Waals surface area contributed by atoms with E-state index in [2.05, 4.69) is 12.2 Å². The van der Waals surface area contributed by atoms with Crippen molar-refractivity contribution in [1.29, 1.82) is 0 Å². The van der Waals surface area contributed by atoms with Gasteiger partial charge in [0.15, 0.2) is 0 Å². The number of hydrogen-bond donors (Lipinski definition) is 1. The summed E-state index contributed by atoms with van der Waals surface area (Å²) in [7, 11) is 0. The first kappa shape index (κ1) is 17.6. The molecule has 5 nitrogen and oxygen atoms in total. The van der Waals surface area contributed by atoms with Crippen LogP contribution in [0.2, 0.25) is 0 Å². The van der Waals surface area contributed by atoms with Crippen molar-refractivity contribution in [2.45, 2.75) is 25.7 Å². The molecule has 2 aromatic carbocycles. The Morgan fingerprint density at radius 1 is 1.15 bits per heavy atom. The van der Waals surface area contributed by atoms with Crippen LogP contribution in [0.1, 0.15) is 36.8 Å². The molecule has 27 heavy (non-hydrogen) atoms. The maximum atomic E-state index is 13.1. The average Bonchev–Trinajstić information content (AvgIpc) is 3.08. The fourth-order valence-electron chi connectivity index (χ4n) is 3.91. The van der Waals surface area contributed by atoms with Crippen molar-refractivity contribution in [2.24, 2.45) is 5.92 Å². The van der Waals surface area contributed by atoms with E-state index < -0.39 is 0 Å². The lowest BCUT2D eigenvalue weighted by Gasteiger charge is -2.28. The highest BCUT2D eigenvalue weighted by molar-refractivity contribution is 5.89. The van der Waals surface area contributed by atoms with Gasteiger partial charge in [0.05, 0.1) is 5.92 Å². The van der Waals surface area contributed by atoms with E-state index in [1.165, 1.54) is 0 Å². The van der Waals surface area contributed by atoms with E-state index in [0.717, 1.165) is 35.6 Å². The topological polar surface area (TPSA) is 58.6 Å². The molecule has 5 heteroatoms. The number of para-hydroxylation sites is 2. The van der Waals surface area contributed by atoms with Crippen molar-refractivity contribution in [1.82, 2.24) is 10.2 Å². The molecule has 0 aliphatic carbocycles. The summed E-state index contributed by atoms with van der Waals surface area (Å²) in [6, 6.07) is 15.4. The van der Waals surface area contributed by atoms with Gasteiger partial charge in [0.2, 0.25) is 11.8 Å². The molecule has 140 valence electrons. The number of likely N-dealkylation sites (tertiary alicyclic amines) is 1. The summed E-state index contributed by atoms with van der Waals surface area (Å²) in [5.41, 5.74) is 1.77. The number of carbonyl (C=O) groups excluding carboxylic acids is 2. The molecule has 1 saturated heterocycles. The van der Waals surface area contributed by atoms with Crippen LogP contribution in [0.25, 0.3) is 0 Å². The zero-order valence-electron chi connectivity index (χ0n) is 15.5. The van der Waals surface area contributed by atoms with Gasteiger partial charge in [-0.2, -0.15) is 0 Å². The molecule has 2 aromatic rings. The van der Waals surface area contributed by atoms with Gasteiger partial charge in [0.1, 0.15) is 11.5 Å². The lowest BCUT2D eigenvalue weighted by molar-refractivity contribution is -0.128. The van der Waals surface area contributed by atoms with Crippen LogP contribution < -0.4 is 10.1 Å². The molecule has 0 spiro atoms. The smallest absolute Gasteiger partial charge is 0.232 e. The Bertz CT molecular complexity index is 819. The summed E-state index contributed by atoms with van der Waals surface area (Å²) in [6.07, 6.45) is 1.59. The molecule has 2 amide bonds. The van der Waals surface area contributed by atoms with Gasteiger partial charge >= 0.3 is 0 Å². The lowest BCUT2D eigenvalue weighted by Crippen LogP contribution is -2.38. The molecule has 1 atom stereocenters. The molecule has 4 rings (SSSR count). The molecule has 0 bridgehead atoms. The number of nitrogens with one attached hydrogen (secondary N) is 1. The van der Waals surface area contributed by atoms with Crippen LogP contribution in [0.3, 0.4) is 0 Å². The molecule has 1 unspecified atom stereocenters. The Hall–Kier alpha value is -2.82. The van der Waals surface area contributed by atoms with E-state index in [1.54, 1.807) is 0 Å². The predicted octanol–water partition coefficient (Wildman–Crippen LogP) is 3.30. The Balaban J connectivity index is 1.48. The monoisotopic (exact) mass is 364 g/mol. The summed E-state index contributed by atoms with van der Waals surface area (Å²) in [4.78, 5) is 26.8. The number of nitrogens with zero attached hydrogens (tertiary/aromatic N) is 1. The van der Waals surface area contributed by atoms with Gasteiger partial charge in [-0.25, -0.2) is 0 Å². The third kappa shape index (κ3) is 3.54. The normalized spacial score (nSPS) is 17.1. The maximum absolute atomic E-state index is 13.1. The molecular formula is C22H24N2O3. The second-order valence-electron chi connectivity index (χ2n) is 7.40. The van der Waals surface area contributed by atoms with E-state index in [0.29, 0.717) is 19.5 Å². The van der Waals surface area contributed by atoms with E-state index in [1.807, 2.05) is 53.4 Å². The summed E-state index contributed by atoms with van der Waals surface area (Å²) in [5, 5.41) is 3.09. The van der Waals surface area contributed by atoms with Crippen LogP contribution in [0.4, 0.5) is 0 Å². The van der Waals surface area contributed by atoms with Crippen molar-refractivity contribution in [3.63, 3.8) is 0 Å². The number of carbonyl (C=O) groups is 2. The number of hydrogen-bond acceptors (Lipinski definition) is 3. The molecule has 2 aliphatic rings. The quantitative estimate of drug-likeness (QED) is 0.886. The number of benzene rings is 2. The molecule has 2 aliphatic heterocycles. The second-order valence-corrected chi connectivity index (χ2v) is 7.40. The van der Waals surface area contributed by atoms with E-state index in [-0.39, 0.29) is 23.7 Å². The first-order valence-electron chi connectivity index (χ1n) is 9.54. The number of fused-ring (bicyclic) bond motifs is 2. The van der Waals surface area contributed by atoms with Crippen LogP contribution in [0, 0.1) is 5.92 Å². The van der Waals surface area contributed by atoms with Gasteiger partial charge in [0.25, 0.3) is 0 Å². The van der Waals surface area contributed by atoms with Crippen LogP contribution >= 0.6 is 0 Å². The Labute approximate surface area is 159 Å². The van der Waals surface area contributed by atoms with Gasteiger partial charge in [-0.3, -0.25) is 9.59 Å². The highest BCUT2D eigenvalue weighted by atomic mass is 16.5. The summed E-state index contributed by atoms with van der Waals surface area (Å²) in [5.74, 6) is 1.48. The molecule has 0 saturated carbocycles. The lowest BCUT2D eigenvalue weighted by atomic mass is 9.87. The largest absolute Gasteiger partial charge is 0.457 e. The van der Waals surface area contributed by atoms with Gasteiger partial charge in [0, 0.05) is 37.2 Å². The number of rotatable bonds is 5.